The molecule has 2 aliphatic rings. The van der Waals surface area contributed by atoms with Crippen LogP contribution >= 0.6 is 0 Å². The predicted octanol–water partition coefficient (Wildman–Crippen LogP) is 2.75. The van der Waals surface area contributed by atoms with Crippen LogP contribution in [-0.4, -0.2) is 28.8 Å². The summed E-state index contributed by atoms with van der Waals surface area (Å²) in [6.45, 7) is 0. The number of esters is 1. The molecule has 0 N–H and O–H groups in total. The molecule has 0 saturated carbocycles. The van der Waals surface area contributed by atoms with Crippen LogP contribution in [0.15, 0.2) is 66.7 Å². The van der Waals surface area contributed by atoms with E-state index in [9.17, 15) is 14.4 Å². The van der Waals surface area contributed by atoms with Crippen LogP contribution in [0.3, 0.4) is 0 Å². The molecule has 0 radical (unpaired) electrons. The van der Waals surface area contributed by atoms with E-state index in [-0.39, 0.29) is 24.2 Å². The molecule has 27 heavy (non-hydrogen) atoms. The molecule has 0 saturated heterocycles. The lowest BCUT2D eigenvalue weighted by Gasteiger charge is -2.28. The zero-order valence-electron chi connectivity index (χ0n) is 14.7. The number of carbonyl (C=O) groups excluding carboxylic acids is 3. The topological polar surface area (TPSA) is 63.7 Å². The number of benzene rings is 2. The van der Waals surface area contributed by atoms with Gasteiger partial charge in [0.05, 0.1) is 0 Å². The van der Waals surface area contributed by atoms with Crippen molar-refractivity contribution in [1.29, 1.82) is 0 Å². The Balaban J connectivity index is 1.50. The molecule has 0 spiro atoms. The molecule has 1 heterocycles. The van der Waals surface area contributed by atoms with E-state index >= 15 is 0 Å². The lowest BCUT2D eigenvalue weighted by Crippen LogP contribution is -2.40. The number of hydrogen-bond donors (Lipinski definition) is 0. The molecule has 0 fully saturated rings. The van der Waals surface area contributed by atoms with Crippen molar-refractivity contribution in [3.8, 4) is 0 Å². The number of hydrogen-bond acceptors (Lipinski definition) is 4. The predicted molar refractivity (Wildman–Crippen MR) is 98.5 cm³/mol. The van der Waals surface area contributed by atoms with Crippen molar-refractivity contribution in [3.63, 3.8) is 0 Å². The number of ether oxygens (including phenoxy) is 1. The zero-order valence-corrected chi connectivity index (χ0v) is 14.7. The molecule has 0 bridgehead atoms. The summed E-state index contributed by atoms with van der Waals surface area (Å²) in [7, 11) is 0. The Morgan fingerprint density at radius 3 is 2.37 bits per heavy atom. The third kappa shape index (κ3) is 3.40. The monoisotopic (exact) mass is 361 g/mol. The van der Waals surface area contributed by atoms with Gasteiger partial charge in [-0.05, 0) is 23.1 Å². The molecular formula is C22H19NO4. The van der Waals surface area contributed by atoms with Crippen LogP contribution in [-0.2, 0) is 32.0 Å². The standard InChI is InChI=1S/C22H19NO4/c24-19-11-12-20(25)23(19)22-17-9-5-4-8-16(17)14-18(22)27-21(26)13-10-15-6-2-1-3-7-15/h1-9,11-12,18,22H,10,13-14H2/t18-,22-/m0/s1. The second-order valence-corrected chi connectivity index (χ2v) is 6.74. The Hall–Kier alpha value is -3.21. The first-order valence-corrected chi connectivity index (χ1v) is 9.00. The highest BCUT2D eigenvalue weighted by molar-refractivity contribution is 6.13. The quantitative estimate of drug-likeness (QED) is 0.607. The average Bonchev–Trinajstić information content (AvgIpc) is 3.19. The van der Waals surface area contributed by atoms with Gasteiger partial charge < -0.3 is 4.74 Å². The number of aryl methyl sites for hydroxylation is 1. The molecule has 2 amide bonds. The molecule has 4 rings (SSSR count). The molecular weight excluding hydrogens is 342 g/mol. The summed E-state index contributed by atoms with van der Waals surface area (Å²) < 4.78 is 5.72. The van der Waals surface area contributed by atoms with Crippen LogP contribution in [0.4, 0.5) is 0 Å². The fourth-order valence-corrected chi connectivity index (χ4v) is 3.75. The van der Waals surface area contributed by atoms with Crippen LogP contribution in [0.1, 0.15) is 29.2 Å². The minimum atomic E-state index is -0.572. The minimum absolute atomic E-state index is 0.254. The number of rotatable bonds is 5. The van der Waals surface area contributed by atoms with Gasteiger partial charge in [-0.2, -0.15) is 0 Å². The molecule has 1 aliphatic heterocycles. The van der Waals surface area contributed by atoms with Gasteiger partial charge in [-0.3, -0.25) is 19.3 Å². The Labute approximate surface area is 157 Å². The maximum Gasteiger partial charge on any atom is 0.306 e. The van der Waals surface area contributed by atoms with E-state index in [2.05, 4.69) is 0 Å². The molecule has 1 aliphatic carbocycles. The average molecular weight is 361 g/mol. The summed E-state index contributed by atoms with van der Waals surface area (Å²) in [6, 6.07) is 16.8. The van der Waals surface area contributed by atoms with Crippen molar-refractivity contribution in [2.24, 2.45) is 0 Å². The van der Waals surface area contributed by atoms with E-state index in [1.54, 1.807) is 0 Å². The molecule has 2 aromatic carbocycles. The van der Waals surface area contributed by atoms with Crippen molar-refractivity contribution in [1.82, 2.24) is 4.90 Å². The van der Waals surface area contributed by atoms with Crippen LogP contribution in [0.2, 0.25) is 0 Å². The largest absolute Gasteiger partial charge is 0.459 e. The second-order valence-electron chi connectivity index (χ2n) is 6.74. The first-order valence-electron chi connectivity index (χ1n) is 9.00. The summed E-state index contributed by atoms with van der Waals surface area (Å²) in [5.74, 6) is -1.06. The van der Waals surface area contributed by atoms with E-state index in [4.69, 9.17) is 4.74 Å². The SMILES string of the molecule is O=C(CCc1ccccc1)O[C@H]1Cc2ccccc2[C@@H]1N1C(=O)C=CC1=O. The summed E-state index contributed by atoms with van der Waals surface area (Å²) in [4.78, 5) is 38.0. The van der Waals surface area contributed by atoms with Crippen LogP contribution in [0.5, 0.6) is 0 Å². The lowest BCUT2D eigenvalue weighted by molar-refractivity contribution is -0.157. The van der Waals surface area contributed by atoms with Gasteiger partial charge in [0.2, 0.25) is 0 Å². The van der Waals surface area contributed by atoms with Gasteiger partial charge in [-0.15, -0.1) is 0 Å². The molecule has 5 nitrogen and oxygen atoms in total. The fourth-order valence-electron chi connectivity index (χ4n) is 3.75. The molecule has 136 valence electrons. The Kier molecular flexibility index (Phi) is 4.59. The highest BCUT2D eigenvalue weighted by Gasteiger charge is 2.44. The van der Waals surface area contributed by atoms with Gasteiger partial charge in [0, 0.05) is 25.0 Å². The smallest absolute Gasteiger partial charge is 0.306 e. The normalized spacial score (nSPS) is 20.8. The number of imide groups is 1. The number of amides is 2. The van der Waals surface area contributed by atoms with Gasteiger partial charge >= 0.3 is 5.97 Å². The highest BCUT2D eigenvalue weighted by atomic mass is 16.5. The zero-order chi connectivity index (χ0) is 18.8. The second kappa shape index (κ2) is 7.19. The maximum atomic E-state index is 12.4. The summed E-state index contributed by atoms with van der Waals surface area (Å²) in [6.07, 6.45) is 3.31. The van der Waals surface area contributed by atoms with Gasteiger partial charge in [-0.1, -0.05) is 54.6 Å². The van der Waals surface area contributed by atoms with Crippen LogP contribution < -0.4 is 0 Å². The number of carbonyl (C=O) groups is 3. The maximum absolute atomic E-state index is 12.4. The van der Waals surface area contributed by atoms with E-state index < -0.39 is 12.1 Å². The number of fused-ring (bicyclic) bond motifs is 1. The van der Waals surface area contributed by atoms with Crippen molar-refractivity contribution in [2.75, 3.05) is 0 Å². The Morgan fingerprint density at radius 2 is 1.63 bits per heavy atom. The van der Waals surface area contributed by atoms with Crippen LogP contribution in [0.25, 0.3) is 0 Å². The molecule has 2 atom stereocenters. The van der Waals surface area contributed by atoms with Gasteiger partial charge in [0.1, 0.15) is 12.1 Å². The summed E-state index contributed by atoms with van der Waals surface area (Å²) >= 11 is 0. The van der Waals surface area contributed by atoms with E-state index in [0.717, 1.165) is 16.7 Å². The Bertz CT molecular complexity index is 901. The highest BCUT2D eigenvalue weighted by Crippen LogP contribution is 2.39. The molecule has 5 heteroatoms. The van der Waals surface area contributed by atoms with Gasteiger partial charge in [0.25, 0.3) is 11.8 Å². The summed E-state index contributed by atoms with van der Waals surface area (Å²) in [5.41, 5.74) is 2.93. The van der Waals surface area contributed by atoms with E-state index in [0.29, 0.717) is 12.8 Å². The van der Waals surface area contributed by atoms with E-state index in [1.807, 2.05) is 54.6 Å². The third-order valence-electron chi connectivity index (χ3n) is 5.01. The molecule has 0 aromatic heterocycles. The summed E-state index contributed by atoms with van der Waals surface area (Å²) in [5, 5.41) is 0. The van der Waals surface area contributed by atoms with Crippen molar-refractivity contribution >= 4 is 17.8 Å². The van der Waals surface area contributed by atoms with Crippen molar-refractivity contribution < 1.29 is 19.1 Å². The van der Waals surface area contributed by atoms with Crippen molar-refractivity contribution in [2.45, 2.75) is 31.4 Å². The molecule has 2 aromatic rings. The van der Waals surface area contributed by atoms with Gasteiger partial charge in [0.15, 0.2) is 0 Å². The van der Waals surface area contributed by atoms with Crippen LogP contribution in [0, 0.1) is 0 Å². The Morgan fingerprint density at radius 1 is 0.963 bits per heavy atom. The minimum Gasteiger partial charge on any atom is -0.459 e. The third-order valence-corrected chi connectivity index (χ3v) is 5.01. The first kappa shape index (κ1) is 17.2. The lowest BCUT2D eigenvalue weighted by atomic mass is 10.1. The van der Waals surface area contributed by atoms with E-state index in [1.165, 1.54) is 17.1 Å². The number of nitrogens with zero attached hydrogens (tertiary/aromatic N) is 1. The van der Waals surface area contributed by atoms with Gasteiger partial charge in [-0.25, -0.2) is 0 Å². The fraction of sp³-hybridized carbons (Fsp3) is 0.227. The first-order chi connectivity index (χ1) is 13.1. The van der Waals surface area contributed by atoms with Crippen molar-refractivity contribution in [3.05, 3.63) is 83.4 Å². The molecule has 0 unspecified atom stereocenters.